The van der Waals surface area contributed by atoms with E-state index in [1.54, 1.807) is 152 Å². The summed E-state index contributed by atoms with van der Waals surface area (Å²) < 4.78 is 62.1. The molecule has 1 unspecified atom stereocenters. The van der Waals surface area contributed by atoms with Crippen LogP contribution in [0.15, 0.2) is 192 Å². The molecule has 5 aliphatic heterocycles. The molecule has 2 aromatic heterocycles. The second-order valence-corrected chi connectivity index (χ2v) is 35.2. The fraction of sp³-hybridized carbons (Fsp3) is 0.325. The van der Waals surface area contributed by atoms with Gasteiger partial charge in [-0.05, 0) is 213 Å². The fourth-order valence-corrected chi connectivity index (χ4v) is 18.3. The van der Waals surface area contributed by atoms with Gasteiger partial charge in [-0.2, -0.15) is 21.0 Å². The zero-order chi connectivity index (χ0) is 82.3. The summed E-state index contributed by atoms with van der Waals surface area (Å²) in [6, 6.07) is 50.5. The van der Waals surface area contributed by atoms with Gasteiger partial charge in [-0.3, -0.25) is 38.8 Å². The van der Waals surface area contributed by atoms with Crippen molar-refractivity contribution in [1.82, 2.24) is 24.5 Å². The van der Waals surface area contributed by atoms with Crippen LogP contribution < -0.4 is 22.9 Å². The summed E-state index contributed by atoms with van der Waals surface area (Å²) in [7, 11) is -0.289. The Morgan fingerprint density at radius 2 is 0.894 bits per heavy atom. The molecule has 25 nitrogen and oxygen atoms in total. The van der Waals surface area contributed by atoms with Crippen LogP contribution in [0.25, 0.3) is 22.3 Å². The number of thiophene rings is 2. The molecule has 30 heteroatoms. The predicted molar refractivity (Wildman–Crippen MR) is 435 cm³/mol. The highest BCUT2D eigenvalue weighted by Crippen LogP contribution is 2.48. The van der Waals surface area contributed by atoms with E-state index in [4.69, 9.17) is 33.2 Å². The van der Waals surface area contributed by atoms with Gasteiger partial charge in [0.05, 0.1) is 92.0 Å². The van der Waals surface area contributed by atoms with Crippen molar-refractivity contribution < 1.29 is 40.4 Å². The van der Waals surface area contributed by atoms with Crippen molar-refractivity contribution in [3.05, 3.63) is 222 Å². The molecule has 0 bridgehead atoms. The Kier molecular flexibility index (Phi) is 25.2. The number of aliphatic imine (C=N–C) groups is 4. The van der Waals surface area contributed by atoms with Crippen LogP contribution in [0.2, 0.25) is 0 Å². The number of likely N-dealkylation sites (tertiary alicyclic amines) is 1. The number of hydrogen-bond acceptors (Lipinski definition) is 23. The average molecular weight is 1600 g/mol. The van der Waals surface area contributed by atoms with Crippen LogP contribution in [-0.2, 0) is 61.0 Å². The first kappa shape index (κ1) is 83.7. The van der Waals surface area contributed by atoms with E-state index < -0.39 is 59.5 Å². The molecule has 584 valence electrons. The summed E-state index contributed by atoms with van der Waals surface area (Å²) in [4.78, 5) is 80.4. The number of nitriles is 4. The molecule has 5 aliphatic rings. The van der Waals surface area contributed by atoms with Crippen LogP contribution in [0.4, 0.5) is 4.39 Å². The Morgan fingerprint density at radius 3 is 1.36 bits per heavy atom. The Morgan fingerprint density at radius 1 is 0.478 bits per heavy atom. The summed E-state index contributed by atoms with van der Waals surface area (Å²) >= 11 is 3.04. The van der Waals surface area contributed by atoms with E-state index in [1.807, 2.05) is 49.6 Å². The number of rotatable bonds is 15. The minimum absolute atomic E-state index is 0.00304. The summed E-state index contributed by atoms with van der Waals surface area (Å²) in [5.74, 6) is -2.14. The molecular weight excluding hydrogens is 1510 g/mol. The molecule has 4 amide bonds. The molecule has 0 spiro atoms. The van der Waals surface area contributed by atoms with Crippen LogP contribution in [0.1, 0.15) is 140 Å². The van der Waals surface area contributed by atoms with Crippen molar-refractivity contribution in [3.63, 3.8) is 0 Å². The maximum atomic E-state index is 13.6. The quantitative estimate of drug-likeness (QED) is 0.0740. The molecule has 1 fully saturated rings. The third-order valence-corrected chi connectivity index (χ3v) is 27.2. The van der Waals surface area contributed by atoms with E-state index in [9.17, 15) is 56.2 Å². The Balaban J connectivity index is 0.000000160. The number of sulfone groups is 2. The lowest BCUT2D eigenvalue weighted by Gasteiger charge is -2.41. The van der Waals surface area contributed by atoms with E-state index in [-0.39, 0.29) is 86.7 Å². The normalized spacial score (nSPS) is 22.5. The number of nitrogens with zero attached hydrogens (tertiary/aromatic N) is 13. The number of likely N-dealkylation sites (N-methyl/N-ethyl adjacent to an activating group) is 2. The molecule has 8 N–H and O–H groups in total. The van der Waals surface area contributed by atoms with Gasteiger partial charge in [0.1, 0.15) is 28.0 Å². The molecule has 7 heterocycles. The van der Waals surface area contributed by atoms with Gasteiger partial charge in [0.2, 0.25) is 23.6 Å². The number of piperidine rings is 1. The molecular formula is C83H88FN17O8S4. The lowest BCUT2D eigenvalue weighted by molar-refractivity contribution is -0.134. The maximum Gasteiger partial charge on any atom is 0.239 e. The van der Waals surface area contributed by atoms with Crippen LogP contribution >= 0.6 is 22.7 Å². The van der Waals surface area contributed by atoms with Crippen molar-refractivity contribution in [3.8, 4) is 46.5 Å². The van der Waals surface area contributed by atoms with Crippen LogP contribution in [-0.4, -0.2) is 148 Å². The number of carbonyl (C=O) groups excluding carboxylic acids is 4. The molecule has 113 heavy (non-hydrogen) atoms. The van der Waals surface area contributed by atoms with Gasteiger partial charge >= 0.3 is 0 Å². The van der Waals surface area contributed by atoms with E-state index in [2.05, 4.69) is 49.5 Å². The number of amides is 4. The third kappa shape index (κ3) is 17.6. The van der Waals surface area contributed by atoms with Gasteiger partial charge in [-0.15, -0.1) is 22.7 Å². The molecule has 13 rings (SSSR count). The highest BCUT2D eigenvalue weighted by atomic mass is 32.2. The molecule has 0 saturated carbocycles. The van der Waals surface area contributed by atoms with E-state index in [0.29, 0.717) is 44.5 Å². The zero-order valence-corrected chi connectivity index (χ0v) is 67.6. The van der Waals surface area contributed by atoms with Crippen molar-refractivity contribution in [2.45, 2.75) is 117 Å². The van der Waals surface area contributed by atoms with Gasteiger partial charge in [0.15, 0.2) is 43.5 Å². The smallest absolute Gasteiger partial charge is 0.239 e. The lowest BCUT2D eigenvalue weighted by atomic mass is 9.74. The van der Waals surface area contributed by atoms with Gasteiger partial charge in [-0.25, -0.2) is 41.2 Å². The first-order valence-corrected chi connectivity index (χ1v) is 41.4. The largest absolute Gasteiger partial charge is 0.369 e. The summed E-state index contributed by atoms with van der Waals surface area (Å²) in [5.41, 5.74) is 28.3. The minimum Gasteiger partial charge on any atom is -0.369 e. The van der Waals surface area contributed by atoms with Crippen molar-refractivity contribution in [2.75, 3.05) is 59.3 Å². The maximum absolute atomic E-state index is 13.6. The summed E-state index contributed by atoms with van der Waals surface area (Å²) in [6.45, 7) is 13.8. The van der Waals surface area contributed by atoms with Crippen molar-refractivity contribution in [1.29, 1.82) is 21.0 Å². The first-order valence-electron chi connectivity index (χ1n) is 36.3. The van der Waals surface area contributed by atoms with E-state index in [0.717, 1.165) is 52.5 Å². The summed E-state index contributed by atoms with van der Waals surface area (Å²) in [6.07, 6.45) is 4.74. The molecule has 7 atom stereocenters. The Bertz CT molecular complexity index is 5370. The Labute approximate surface area is 666 Å². The molecule has 1 saturated heterocycles. The topological polar surface area (TPSA) is 401 Å². The van der Waals surface area contributed by atoms with E-state index >= 15 is 0 Å². The van der Waals surface area contributed by atoms with Crippen LogP contribution in [0, 0.1) is 57.1 Å². The number of halogens is 1. The molecule has 8 aromatic rings. The highest BCUT2D eigenvalue weighted by Gasteiger charge is 2.50. The standard InChI is InChI=1S/C24H29N5OS.2C21H22N4O3S.C17H15FN4OS/c1-24(21-14-19(16-31-21)18-8-6-7-17(13-18)15-25)20(22(30)28(2)23(26)27-24)9-12-29-10-4-3-5-11-29;2*1-4-29(27,28)17-10-8-15(9-11-17)18-19(26)25(3)20(23)24-21(18,2)16-7-5-6-14(12-16)13-22;1-17(7-15(23)22(2)16(20)21-17)14-6-12(9-24-14)11-3-10(8-19)4-13(18)5-11/h6-8,13-14,16,20H,3-5,9-12H2,1-2H3,(H2,26,27);2*5-12,18H,4H2,1-3H3,(H2,23,24);3-6,9H,7H2,1-2H3,(H2,20,21)/t20?,24-;18-,21+;18-,21-;17-/m0011/s1. The lowest BCUT2D eigenvalue weighted by Crippen LogP contribution is -2.54. The number of guanidine groups is 4. The van der Waals surface area contributed by atoms with E-state index in [1.165, 1.54) is 86.6 Å². The second-order valence-electron chi connectivity index (χ2n) is 28.8. The third-order valence-electron chi connectivity index (χ3n) is 21.4. The van der Waals surface area contributed by atoms with Crippen molar-refractivity contribution >= 4 is 89.8 Å². The number of nitrogens with two attached hydrogens (primary N) is 4. The van der Waals surface area contributed by atoms with Gasteiger partial charge in [0.25, 0.3) is 0 Å². The SMILES string of the molecule is CCS(=O)(=O)c1ccc([C@@H]2C(=O)N(C)C(N)=N[C@]2(C)c2cccc(C#N)c2)cc1.CCS(=O)(=O)c1ccc([C@H]2C(=O)N(C)C(N)=N[C@]2(C)c2cccc(C#N)c2)cc1.CN1C(=O)C(CCN2CCCCC2)[C@@](C)(c2cc(-c3cccc(C#N)c3)cs2)N=C1N.CN1C(=O)C[C@](C)(c2cc(-c3cc(F)cc(C#N)c3)cs2)N=C1N. The zero-order valence-electron chi connectivity index (χ0n) is 64.3. The van der Waals surface area contributed by atoms with Gasteiger partial charge in [0, 0.05) is 37.9 Å². The van der Waals surface area contributed by atoms with Crippen LogP contribution in [0.5, 0.6) is 0 Å². The monoisotopic (exact) mass is 1600 g/mol. The highest BCUT2D eigenvalue weighted by molar-refractivity contribution is 7.91. The number of hydrogen-bond donors (Lipinski definition) is 4. The van der Waals surface area contributed by atoms with Gasteiger partial charge in [-0.1, -0.05) is 80.9 Å². The first-order chi connectivity index (χ1) is 53.5. The number of carbonyl (C=O) groups is 4. The minimum atomic E-state index is -3.35. The summed E-state index contributed by atoms with van der Waals surface area (Å²) in [5, 5.41) is 40.7. The molecule has 6 aromatic carbocycles. The van der Waals surface area contributed by atoms with Crippen LogP contribution in [0.3, 0.4) is 0 Å². The predicted octanol–water partition coefficient (Wildman–Crippen LogP) is 10.9. The van der Waals surface area contributed by atoms with Crippen molar-refractivity contribution in [2.24, 2.45) is 48.8 Å². The number of benzene rings is 6. The molecule has 0 radical (unpaired) electrons. The average Bonchev–Trinajstić information content (AvgIpc) is 1.52. The fourth-order valence-electron chi connectivity index (χ4n) is 14.4. The Hall–Kier alpha value is -11.8. The van der Waals surface area contributed by atoms with Gasteiger partial charge < -0.3 is 27.8 Å². The molecule has 0 aliphatic carbocycles. The second kappa shape index (κ2) is 34.1.